The lowest BCUT2D eigenvalue weighted by atomic mass is 10.2. The molecule has 7 heteroatoms. The van der Waals surface area contributed by atoms with E-state index in [2.05, 4.69) is 15.3 Å². The van der Waals surface area contributed by atoms with Gasteiger partial charge in [-0.15, -0.1) is 0 Å². The van der Waals surface area contributed by atoms with E-state index in [-0.39, 0.29) is 23.2 Å². The van der Waals surface area contributed by atoms with Gasteiger partial charge in [-0.05, 0) is 37.3 Å². The summed E-state index contributed by atoms with van der Waals surface area (Å²) in [5, 5.41) is 2.66. The van der Waals surface area contributed by atoms with Gasteiger partial charge in [-0.25, -0.2) is 18.7 Å². The van der Waals surface area contributed by atoms with Gasteiger partial charge in [0.2, 0.25) is 5.95 Å². The third kappa shape index (κ3) is 3.83. The summed E-state index contributed by atoms with van der Waals surface area (Å²) in [6.07, 6.45) is 1.41. The van der Waals surface area contributed by atoms with Crippen molar-refractivity contribution in [3.05, 3.63) is 78.1 Å². The van der Waals surface area contributed by atoms with Crippen LogP contribution >= 0.6 is 0 Å². The third-order valence-corrected chi connectivity index (χ3v) is 3.68. The molecule has 2 aromatic carbocycles. The maximum atomic E-state index is 13.8. The van der Waals surface area contributed by atoms with Gasteiger partial charge < -0.3 is 10.2 Å². The number of rotatable bonds is 5. The number of halogens is 2. The highest BCUT2D eigenvalue weighted by atomic mass is 19.1. The summed E-state index contributed by atoms with van der Waals surface area (Å²) in [6.45, 7) is 2.32. The van der Waals surface area contributed by atoms with Crippen LogP contribution in [0.5, 0.6) is 0 Å². The Morgan fingerprint density at radius 2 is 1.88 bits per heavy atom. The van der Waals surface area contributed by atoms with Gasteiger partial charge in [0.15, 0.2) is 0 Å². The van der Waals surface area contributed by atoms with Crippen LogP contribution in [0.25, 0.3) is 0 Å². The first-order valence-corrected chi connectivity index (χ1v) is 8.00. The summed E-state index contributed by atoms with van der Waals surface area (Å²) in [6, 6.07) is 13.8. The zero-order valence-electron chi connectivity index (χ0n) is 14.0. The van der Waals surface area contributed by atoms with E-state index in [4.69, 9.17) is 0 Å². The molecular weight excluding hydrogens is 338 g/mol. The average molecular weight is 354 g/mol. The predicted molar refractivity (Wildman–Crippen MR) is 95.5 cm³/mol. The fraction of sp³-hybridized carbons (Fsp3) is 0.105. The number of hydrogen-bond acceptors (Lipinski definition) is 4. The molecule has 0 aliphatic rings. The normalized spacial score (nSPS) is 10.4. The molecule has 3 aromatic rings. The van der Waals surface area contributed by atoms with Crippen LogP contribution in [0.2, 0.25) is 0 Å². The average Bonchev–Trinajstić information content (AvgIpc) is 2.66. The molecule has 0 unspecified atom stereocenters. The number of benzene rings is 2. The zero-order chi connectivity index (χ0) is 18.5. The number of carbonyl (C=O) groups excluding carboxylic acids is 1. The van der Waals surface area contributed by atoms with Crippen molar-refractivity contribution in [3.63, 3.8) is 0 Å². The maximum Gasteiger partial charge on any atom is 0.277 e. The topological polar surface area (TPSA) is 58.1 Å². The zero-order valence-corrected chi connectivity index (χ0v) is 14.0. The van der Waals surface area contributed by atoms with Gasteiger partial charge in [0.1, 0.15) is 17.3 Å². The van der Waals surface area contributed by atoms with Crippen molar-refractivity contribution in [3.8, 4) is 0 Å². The molecule has 0 fully saturated rings. The SMILES string of the molecule is CCN(C(=O)c1ccnc(Nc2ccc(F)cc2F)n1)c1ccccc1. The molecule has 1 N–H and O–H groups in total. The van der Waals surface area contributed by atoms with Crippen LogP contribution in [0.3, 0.4) is 0 Å². The second-order valence-electron chi connectivity index (χ2n) is 5.40. The molecule has 0 aliphatic heterocycles. The van der Waals surface area contributed by atoms with Gasteiger partial charge >= 0.3 is 0 Å². The number of para-hydroxylation sites is 1. The van der Waals surface area contributed by atoms with Crippen molar-refractivity contribution in [1.82, 2.24) is 9.97 Å². The van der Waals surface area contributed by atoms with Crippen molar-refractivity contribution in [2.24, 2.45) is 0 Å². The fourth-order valence-electron chi connectivity index (χ4n) is 2.44. The third-order valence-electron chi connectivity index (χ3n) is 3.68. The molecule has 0 spiro atoms. The van der Waals surface area contributed by atoms with Crippen LogP contribution in [0.15, 0.2) is 60.8 Å². The number of nitrogens with one attached hydrogen (secondary N) is 1. The molecule has 132 valence electrons. The monoisotopic (exact) mass is 354 g/mol. The first kappa shape index (κ1) is 17.5. The van der Waals surface area contributed by atoms with Crippen LogP contribution in [-0.2, 0) is 0 Å². The second-order valence-corrected chi connectivity index (χ2v) is 5.40. The van der Waals surface area contributed by atoms with Crippen molar-refractivity contribution in [2.75, 3.05) is 16.8 Å². The summed E-state index contributed by atoms with van der Waals surface area (Å²) in [5.41, 5.74) is 0.930. The fourth-order valence-corrected chi connectivity index (χ4v) is 2.44. The first-order valence-electron chi connectivity index (χ1n) is 8.00. The number of anilines is 3. The Hall–Kier alpha value is -3.35. The van der Waals surface area contributed by atoms with E-state index in [9.17, 15) is 13.6 Å². The van der Waals surface area contributed by atoms with Gasteiger partial charge in [-0.3, -0.25) is 4.79 Å². The Kier molecular flexibility index (Phi) is 5.17. The van der Waals surface area contributed by atoms with Gasteiger partial charge in [-0.2, -0.15) is 0 Å². The van der Waals surface area contributed by atoms with E-state index < -0.39 is 11.6 Å². The Morgan fingerprint density at radius 1 is 1.12 bits per heavy atom. The molecule has 1 heterocycles. The molecule has 1 amide bonds. The molecule has 5 nitrogen and oxygen atoms in total. The van der Waals surface area contributed by atoms with E-state index in [0.29, 0.717) is 6.54 Å². The molecule has 3 rings (SSSR count). The largest absolute Gasteiger partial charge is 0.322 e. The Balaban J connectivity index is 1.85. The quantitative estimate of drug-likeness (QED) is 0.747. The smallest absolute Gasteiger partial charge is 0.277 e. The summed E-state index contributed by atoms with van der Waals surface area (Å²) < 4.78 is 26.8. The highest BCUT2D eigenvalue weighted by Crippen LogP contribution is 2.20. The van der Waals surface area contributed by atoms with Gasteiger partial charge in [0.25, 0.3) is 5.91 Å². The number of amides is 1. The van der Waals surface area contributed by atoms with Crippen molar-refractivity contribution in [1.29, 1.82) is 0 Å². The minimum Gasteiger partial charge on any atom is -0.322 e. The lowest BCUT2D eigenvalue weighted by Crippen LogP contribution is -2.31. The van der Waals surface area contributed by atoms with Gasteiger partial charge in [-0.1, -0.05) is 18.2 Å². The van der Waals surface area contributed by atoms with Crippen LogP contribution < -0.4 is 10.2 Å². The molecule has 0 atom stereocenters. The minimum absolute atomic E-state index is 0.0198. The minimum atomic E-state index is -0.773. The lowest BCUT2D eigenvalue weighted by molar-refractivity contribution is 0.0983. The molecule has 0 aliphatic carbocycles. The van der Waals surface area contributed by atoms with Crippen LogP contribution in [0.1, 0.15) is 17.4 Å². The van der Waals surface area contributed by atoms with E-state index in [0.717, 1.165) is 17.8 Å². The van der Waals surface area contributed by atoms with E-state index in [1.807, 2.05) is 37.3 Å². The molecule has 26 heavy (non-hydrogen) atoms. The number of hydrogen-bond donors (Lipinski definition) is 1. The molecule has 1 aromatic heterocycles. The molecule has 0 radical (unpaired) electrons. The van der Waals surface area contributed by atoms with E-state index >= 15 is 0 Å². The van der Waals surface area contributed by atoms with Crippen molar-refractivity contribution in [2.45, 2.75) is 6.92 Å². The summed E-state index contributed by atoms with van der Waals surface area (Å²) >= 11 is 0. The van der Waals surface area contributed by atoms with Crippen LogP contribution in [0, 0.1) is 11.6 Å². The number of aromatic nitrogens is 2. The van der Waals surface area contributed by atoms with Crippen molar-refractivity contribution < 1.29 is 13.6 Å². The predicted octanol–water partition coefficient (Wildman–Crippen LogP) is 4.17. The highest BCUT2D eigenvalue weighted by molar-refractivity contribution is 6.04. The number of nitrogens with zero attached hydrogens (tertiary/aromatic N) is 3. The Labute approximate surface area is 149 Å². The highest BCUT2D eigenvalue weighted by Gasteiger charge is 2.18. The summed E-state index contributed by atoms with van der Waals surface area (Å²) in [5.74, 6) is -1.71. The molecule has 0 bridgehead atoms. The Bertz CT molecular complexity index is 918. The standard InChI is InChI=1S/C19H16F2N4O/c1-2-25(14-6-4-3-5-7-14)18(26)17-10-11-22-19(24-17)23-16-9-8-13(20)12-15(16)21/h3-12H,2H2,1H3,(H,22,23,24). The van der Waals surface area contributed by atoms with E-state index in [1.165, 1.54) is 18.3 Å². The van der Waals surface area contributed by atoms with Gasteiger partial charge in [0, 0.05) is 24.5 Å². The Morgan fingerprint density at radius 3 is 2.58 bits per heavy atom. The van der Waals surface area contributed by atoms with E-state index in [1.54, 1.807) is 4.90 Å². The number of carbonyl (C=O) groups is 1. The molecule has 0 saturated carbocycles. The molecule has 0 saturated heterocycles. The summed E-state index contributed by atoms with van der Waals surface area (Å²) in [4.78, 5) is 22.5. The van der Waals surface area contributed by atoms with Crippen molar-refractivity contribution >= 4 is 23.2 Å². The maximum absolute atomic E-state index is 13.8. The molecular formula is C19H16F2N4O. The first-order chi connectivity index (χ1) is 12.6. The van der Waals surface area contributed by atoms with Crippen LogP contribution in [-0.4, -0.2) is 22.4 Å². The van der Waals surface area contributed by atoms with Crippen LogP contribution in [0.4, 0.5) is 26.1 Å². The van der Waals surface area contributed by atoms with Gasteiger partial charge in [0.05, 0.1) is 5.69 Å². The summed E-state index contributed by atoms with van der Waals surface area (Å²) in [7, 11) is 0. The lowest BCUT2D eigenvalue weighted by Gasteiger charge is -2.20. The second kappa shape index (κ2) is 7.69.